The maximum absolute atomic E-state index is 12.1. The Bertz CT molecular complexity index is 425. The first-order valence-corrected chi connectivity index (χ1v) is 6.64. The van der Waals surface area contributed by atoms with Crippen molar-refractivity contribution >= 4 is 5.91 Å². The molecule has 0 saturated heterocycles. The molecule has 0 aliphatic rings. The van der Waals surface area contributed by atoms with E-state index in [1.165, 1.54) is 5.56 Å². The van der Waals surface area contributed by atoms with Crippen molar-refractivity contribution < 1.29 is 4.79 Å². The van der Waals surface area contributed by atoms with E-state index in [1.54, 1.807) is 4.90 Å². The van der Waals surface area contributed by atoms with Gasteiger partial charge in [-0.3, -0.25) is 4.79 Å². The molecular formula is C15H21N3O. The summed E-state index contributed by atoms with van der Waals surface area (Å²) in [4.78, 5) is 13.7. The van der Waals surface area contributed by atoms with Crippen LogP contribution in [0, 0.1) is 11.3 Å². The van der Waals surface area contributed by atoms with Crippen molar-refractivity contribution in [3.63, 3.8) is 0 Å². The molecule has 0 bridgehead atoms. The van der Waals surface area contributed by atoms with Gasteiger partial charge in [-0.2, -0.15) is 5.26 Å². The van der Waals surface area contributed by atoms with Gasteiger partial charge in [0.25, 0.3) is 0 Å². The van der Waals surface area contributed by atoms with Crippen LogP contribution in [0.2, 0.25) is 0 Å². The minimum Gasteiger partial charge on any atom is -0.341 e. The van der Waals surface area contributed by atoms with Crippen LogP contribution in [0.5, 0.6) is 0 Å². The minimum absolute atomic E-state index is 0.0614. The fourth-order valence-electron chi connectivity index (χ4n) is 1.93. The number of nitriles is 1. The largest absolute Gasteiger partial charge is 0.341 e. The van der Waals surface area contributed by atoms with E-state index in [0.29, 0.717) is 25.9 Å². The van der Waals surface area contributed by atoms with Gasteiger partial charge in [0.05, 0.1) is 18.5 Å². The fraction of sp³-hybridized carbons (Fsp3) is 0.467. The second-order valence-corrected chi connectivity index (χ2v) is 4.46. The Hall–Kier alpha value is -1.86. The molecule has 0 fully saturated rings. The van der Waals surface area contributed by atoms with Crippen LogP contribution in [-0.2, 0) is 11.2 Å². The zero-order valence-electron chi connectivity index (χ0n) is 11.4. The van der Waals surface area contributed by atoms with E-state index < -0.39 is 6.04 Å². The standard InChI is InChI=1S/C15H21N3O/c1-2-18(12-6-11-16)15(19)14(17)10-9-13-7-4-3-5-8-13/h3-5,7-8,14H,2,6,9-10,12,17H2,1H3. The molecule has 4 nitrogen and oxygen atoms in total. The predicted molar refractivity (Wildman–Crippen MR) is 75.2 cm³/mol. The zero-order chi connectivity index (χ0) is 14.1. The van der Waals surface area contributed by atoms with E-state index in [4.69, 9.17) is 11.0 Å². The number of nitrogens with zero attached hydrogens (tertiary/aromatic N) is 2. The number of benzene rings is 1. The van der Waals surface area contributed by atoms with Crippen LogP contribution in [0.25, 0.3) is 0 Å². The topological polar surface area (TPSA) is 70.1 Å². The van der Waals surface area contributed by atoms with Gasteiger partial charge in [0, 0.05) is 13.1 Å². The lowest BCUT2D eigenvalue weighted by molar-refractivity contribution is -0.132. The van der Waals surface area contributed by atoms with Gasteiger partial charge in [-0.25, -0.2) is 0 Å². The Morgan fingerprint density at radius 3 is 2.68 bits per heavy atom. The Morgan fingerprint density at radius 2 is 2.11 bits per heavy atom. The van der Waals surface area contributed by atoms with Gasteiger partial charge in [0.1, 0.15) is 0 Å². The summed E-state index contributed by atoms with van der Waals surface area (Å²) in [5.41, 5.74) is 7.13. The average molecular weight is 259 g/mol. The first kappa shape index (κ1) is 15.2. The third-order valence-corrected chi connectivity index (χ3v) is 3.09. The van der Waals surface area contributed by atoms with Crippen LogP contribution in [0.15, 0.2) is 30.3 Å². The summed E-state index contributed by atoms with van der Waals surface area (Å²) in [6, 6.07) is 11.6. The maximum atomic E-state index is 12.1. The highest BCUT2D eigenvalue weighted by atomic mass is 16.2. The lowest BCUT2D eigenvalue weighted by Gasteiger charge is -2.23. The van der Waals surface area contributed by atoms with Gasteiger partial charge < -0.3 is 10.6 Å². The number of amides is 1. The van der Waals surface area contributed by atoms with Gasteiger partial charge in [-0.1, -0.05) is 30.3 Å². The molecule has 4 heteroatoms. The van der Waals surface area contributed by atoms with E-state index in [2.05, 4.69) is 0 Å². The SMILES string of the molecule is CCN(CCC#N)C(=O)C(N)CCc1ccccc1. The van der Waals surface area contributed by atoms with Crippen molar-refractivity contribution in [3.05, 3.63) is 35.9 Å². The second-order valence-electron chi connectivity index (χ2n) is 4.46. The molecule has 0 aromatic heterocycles. The molecule has 0 aliphatic carbocycles. The van der Waals surface area contributed by atoms with Gasteiger partial charge in [0.15, 0.2) is 0 Å². The maximum Gasteiger partial charge on any atom is 0.239 e. The first-order valence-electron chi connectivity index (χ1n) is 6.64. The summed E-state index contributed by atoms with van der Waals surface area (Å²) in [6.45, 7) is 2.96. The van der Waals surface area contributed by atoms with Crippen LogP contribution < -0.4 is 5.73 Å². The third-order valence-electron chi connectivity index (χ3n) is 3.09. The number of carbonyl (C=O) groups excluding carboxylic acids is 1. The van der Waals surface area contributed by atoms with Gasteiger partial charge in [-0.05, 0) is 25.3 Å². The molecular weight excluding hydrogens is 238 g/mol. The summed E-state index contributed by atoms with van der Waals surface area (Å²) in [5.74, 6) is -0.0614. The van der Waals surface area contributed by atoms with Crippen molar-refractivity contribution in [2.45, 2.75) is 32.2 Å². The molecule has 2 N–H and O–H groups in total. The Balaban J connectivity index is 2.45. The second kappa shape index (κ2) is 8.28. The molecule has 1 unspecified atom stereocenters. The first-order chi connectivity index (χ1) is 9.19. The number of likely N-dealkylation sites (N-methyl/N-ethyl adjacent to an activating group) is 1. The summed E-state index contributed by atoms with van der Waals surface area (Å²) in [5, 5.41) is 8.56. The molecule has 1 amide bonds. The molecule has 1 aromatic rings. The number of hydrogen-bond acceptors (Lipinski definition) is 3. The minimum atomic E-state index is -0.487. The number of rotatable bonds is 7. The third kappa shape index (κ3) is 5.11. The van der Waals surface area contributed by atoms with Gasteiger partial charge >= 0.3 is 0 Å². The number of carbonyl (C=O) groups is 1. The van der Waals surface area contributed by atoms with Crippen LogP contribution in [0.4, 0.5) is 0 Å². The van der Waals surface area contributed by atoms with Crippen LogP contribution >= 0.6 is 0 Å². The van der Waals surface area contributed by atoms with Crippen molar-refractivity contribution in [3.8, 4) is 6.07 Å². The normalized spacial score (nSPS) is 11.6. The number of nitrogens with two attached hydrogens (primary N) is 1. The number of hydrogen-bond donors (Lipinski definition) is 1. The Morgan fingerprint density at radius 1 is 1.42 bits per heavy atom. The smallest absolute Gasteiger partial charge is 0.239 e. The molecule has 0 aliphatic heterocycles. The van der Waals surface area contributed by atoms with Crippen molar-refractivity contribution in [2.24, 2.45) is 5.73 Å². The molecule has 0 spiro atoms. The predicted octanol–water partition coefficient (Wildman–Crippen LogP) is 1.71. The lowest BCUT2D eigenvalue weighted by Crippen LogP contribution is -2.44. The summed E-state index contributed by atoms with van der Waals surface area (Å²) in [7, 11) is 0. The van der Waals surface area contributed by atoms with Crippen molar-refractivity contribution in [2.75, 3.05) is 13.1 Å². The highest BCUT2D eigenvalue weighted by Gasteiger charge is 2.19. The monoisotopic (exact) mass is 259 g/mol. The van der Waals surface area contributed by atoms with E-state index in [-0.39, 0.29) is 5.91 Å². The summed E-state index contributed by atoms with van der Waals surface area (Å²) in [6.07, 6.45) is 1.78. The Labute approximate surface area is 114 Å². The van der Waals surface area contributed by atoms with E-state index in [9.17, 15) is 4.79 Å². The highest BCUT2D eigenvalue weighted by Crippen LogP contribution is 2.06. The zero-order valence-corrected chi connectivity index (χ0v) is 11.4. The van der Waals surface area contributed by atoms with E-state index in [1.807, 2.05) is 43.3 Å². The number of aryl methyl sites for hydroxylation is 1. The van der Waals surface area contributed by atoms with Gasteiger partial charge in [-0.15, -0.1) is 0 Å². The molecule has 1 atom stereocenters. The molecule has 1 aromatic carbocycles. The quantitative estimate of drug-likeness (QED) is 0.810. The molecule has 102 valence electrons. The van der Waals surface area contributed by atoms with E-state index in [0.717, 1.165) is 6.42 Å². The van der Waals surface area contributed by atoms with Crippen LogP contribution in [0.1, 0.15) is 25.3 Å². The molecule has 0 heterocycles. The molecule has 0 radical (unpaired) electrons. The van der Waals surface area contributed by atoms with Gasteiger partial charge in [0.2, 0.25) is 5.91 Å². The summed E-state index contributed by atoms with van der Waals surface area (Å²) < 4.78 is 0. The Kier molecular flexibility index (Phi) is 6.62. The highest BCUT2D eigenvalue weighted by molar-refractivity contribution is 5.81. The van der Waals surface area contributed by atoms with Crippen LogP contribution in [-0.4, -0.2) is 29.9 Å². The summed E-state index contributed by atoms with van der Waals surface area (Å²) >= 11 is 0. The van der Waals surface area contributed by atoms with Crippen molar-refractivity contribution in [1.82, 2.24) is 4.90 Å². The fourth-order valence-corrected chi connectivity index (χ4v) is 1.93. The molecule has 0 saturated carbocycles. The average Bonchev–Trinajstić information content (AvgIpc) is 2.46. The lowest BCUT2D eigenvalue weighted by atomic mass is 10.0. The van der Waals surface area contributed by atoms with E-state index >= 15 is 0 Å². The molecule has 1 rings (SSSR count). The van der Waals surface area contributed by atoms with Crippen LogP contribution in [0.3, 0.4) is 0 Å². The molecule has 19 heavy (non-hydrogen) atoms. The van der Waals surface area contributed by atoms with Crippen molar-refractivity contribution in [1.29, 1.82) is 5.26 Å².